The van der Waals surface area contributed by atoms with Crippen LogP contribution in [0.4, 0.5) is 0 Å². The molecule has 0 saturated carbocycles. The van der Waals surface area contributed by atoms with Gasteiger partial charge >= 0.3 is 0 Å². The Morgan fingerprint density at radius 3 is 2.60 bits per heavy atom. The van der Waals surface area contributed by atoms with E-state index in [1.165, 1.54) is 5.39 Å². The average molecular weight is 264 g/mol. The summed E-state index contributed by atoms with van der Waals surface area (Å²) in [6.45, 7) is 0.969. The number of aromatic nitrogens is 1. The summed E-state index contributed by atoms with van der Waals surface area (Å²) in [6.07, 6.45) is 1.79. The van der Waals surface area contributed by atoms with Gasteiger partial charge in [-0.1, -0.05) is 42.5 Å². The van der Waals surface area contributed by atoms with E-state index in [-0.39, 0.29) is 0 Å². The van der Waals surface area contributed by atoms with Crippen molar-refractivity contribution in [2.45, 2.75) is 13.2 Å². The first-order valence-electron chi connectivity index (χ1n) is 6.61. The maximum Gasteiger partial charge on any atom is 0.130 e. The second kappa shape index (κ2) is 5.72. The molecule has 0 spiro atoms. The van der Waals surface area contributed by atoms with Gasteiger partial charge in [0.1, 0.15) is 12.4 Å². The highest BCUT2D eigenvalue weighted by Gasteiger charge is 2.02. The summed E-state index contributed by atoms with van der Waals surface area (Å²) in [5.41, 5.74) is 7.48. The molecule has 0 fully saturated rings. The molecule has 0 aliphatic heterocycles. The molecule has 3 heteroatoms. The van der Waals surface area contributed by atoms with Gasteiger partial charge in [0.05, 0.1) is 5.69 Å². The van der Waals surface area contributed by atoms with E-state index in [0.29, 0.717) is 13.2 Å². The zero-order valence-corrected chi connectivity index (χ0v) is 11.1. The predicted molar refractivity (Wildman–Crippen MR) is 80.4 cm³/mol. The molecule has 0 unspecified atom stereocenters. The van der Waals surface area contributed by atoms with Crippen LogP contribution in [0.2, 0.25) is 0 Å². The maximum absolute atomic E-state index is 5.89. The molecule has 3 rings (SSSR count). The van der Waals surface area contributed by atoms with Gasteiger partial charge in [-0.25, -0.2) is 0 Å². The molecule has 2 aromatic carbocycles. The lowest BCUT2D eigenvalue weighted by molar-refractivity contribution is 0.305. The third-order valence-electron chi connectivity index (χ3n) is 3.25. The highest BCUT2D eigenvalue weighted by molar-refractivity contribution is 5.88. The van der Waals surface area contributed by atoms with Crippen LogP contribution in [0.25, 0.3) is 10.8 Å². The third-order valence-corrected chi connectivity index (χ3v) is 3.25. The van der Waals surface area contributed by atoms with Crippen LogP contribution in [0.3, 0.4) is 0 Å². The van der Waals surface area contributed by atoms with Gasteiger partial charge in [-0.3, -0.25) is 4.98 Å². The van der Waals surface area contributed by atoms with E-state index in [1.54, 1.807) is 6.20 Å². The molecule has 0 bridgehead atoms. The molecule has 0 aliphatic rings. The van der Waals surface area contributed by atoms with Crippen molar-refractivity contribution in [2.24, 2.45) is 5.73 Å². The highest BCUT2D eigenvalue weighted by Crippen LogP contribution is 2.25. The fourth-order valence-electron chi connectivity index (χ4n) is 2.13. The van der Waals surface area contributed by atoms with E-state index in [0.717, 1.165) is 22.4 Å². The minimum absolute atomic E-state index is 0.457. The van der Waals surface area contributed by atoms with Crippen molar-refractivity contribution in [3.63, 3.8) is 0 Å². The summed E-state index contributed by atoms with van der Waals surface area (Å²) in [5, 5.41) is 2.30. The lowest BCUT2D eigenvalue weighted by Gasteiger charge is -2.09. The van der Waals surface area contributed by atoms with Crippen molar-refractivity contribution in [1.29, 1.82) is 0 Å². The second-order valence-electron chi connectivity index (χ2n) is 4.63. The molecular formula is C17H16N2O. The molecule has 0 amide bonds. The van der Waals surface area contributed by atoms with Gasteiger partial charge in [0.15, 0.2) is 0 Å². The fourth-order valence-corrected chi connectivity index (χ4v) is 2.13. The zero-order chi connectivity index (χ0) is 13.8. The molecule has 1 aromatic heterocycles. The second-order valence-corrected chi connectivity index (χ2v) is 4.63. The normalized spacial score (nSPS) is 10.7. The first-order valence-corrected chi connectivity index (χ1v) is 6.61. The summed E-state index contributed by atoms with van der Waals surface area (Å²) in [7, 11) is 0. The van der Waals surface area contributed by atoms with Gasteiger partial charge in [0.25, 0.3) is 0 Å². The number of hydrogen-bond acceptors (Lipinski definition) is 3. The smallest absolute Gasteiger partial charge is 0.130 e. The molecule has 3 aromatic rings. The topological polar surface area (TPSA) is 48.1 Å². The van der Waals surface area contributed by atoms with E-state index in [4.69, 9.17) is 10.5 Å². The standard InChI is InChI=1S/C17H16N2O/c18-10-13-8-9-15(19-11-13)12-20-17-7-3-5-14-4-1-2-6-16(14)17/h1-9,11H,10,12,18H2. The van der Waals surface area contributed by atoms with Gasteiger partial charge in [-0.05, 0) is 23.1 Å². The molecule has 0 saturated heterocycles. The van der Waals surface area contributed by atoms with Crippen LogP contribution < -0.4 is 10.5 Å². The summed E-state index contributed by atoms with van der Waals surface area (Å²) in [6, 6.07) is 18.2. The van der Waals surface area contributed by atoms with Crippen molar-refractivity contribution in [3.8, 4) is 5.75 Å². The molecule has 20 heavy (non-hydrogen) atoms. The minimum atomic E-state index is 0.457. The summed E-state index contributed by atoms with van der Waals surface area (Å²) in [4.78, 5) is 4.34. The lowest BCUT2D eigenvalue weighted by Crippen LogP contribution is -2.01. The Bertz CT molecular complexity index is 702. The van der Waals surface area contributed by atoms with Crippen LogP contribution in [-0.2, 0) is 13.2 Å². The lowest BCUT2D eigenvalue weighted by atomic mass is 10.1. The Morgan fingerprint density at radius 2 is 1.80 bits per heavy atom. The Labute approximate surface area is 118 Å². The Hall–Kier alpha value is -2.39. The van der Waals surface area contributed by atoms with Crippen LogP contribution in [0.1, 0.15) is 11.3 Å². The van der Waals surface area contributed by atoms with Gasteiger partial charge in [-0.15, -0.1) is 0 Å². The molecule has 0 radical (unpaired) electrons. The first-order chi connectivity index (χ1) is 9.86. The Balaban J connectivity index is 1.79. The number of nitrogens with two attached hydrogens (primary N) is 1. The maximum atomic E-state index is 5.89. The number of nitrogens with zero attached hydrogens (tertiary/aromatic N) is 1. The fraction of sp³-hybridized carbons (Fsp3) is 0.118. The van der Waals surface area contributed by atoms with Gasteiger partial charge < -0.3 is 10.5 Å². The molecule has 0 atom stereocenters. The number of ether oxygens (including phenoxy) is 1. The summed E-state index contributed by atoms with van der Waals surface area (Å²) >= 11 is 0. The minimum Gasteiger partial charge on any atom is -0.487 e. The first kappa shape index (κ1) is 12.6. The van der Waals surface area contributed by atoms with Crippen molar-refractivity contribution in [2.75, 3.05) is 0 Å². The van der Waals surface area contributed by atoms with Crippen LogP contribution >= 0.6 is 0 Å². The number of rotatable bonds is 4. The molecule has 3 nitrogen and oxygen atoms in total. The van der Waals surface area contributed by atoms with E-state index >= 15 is 0 Å². The van der Waals surface area contributed by atoms with Crippen molar-refractivity contribution >= 4 is 10.8 Å². The molecule has 0 aliphatic carbocycles. The Kier molecular flexibility index (Phi) is 3.61. The highest BCUT2D eigenvalue weighted by atomic mass is 16.5. The zero-order valence-electron chi connectivity index (χ0n) is 11.1. The monoisotopic (exact) mass is 264 g/mol. The summed E-state index contributed by atoms with van der Waals surface area (Å²) in [5.74, 6) is 0.882. The van der Waals surface area contributed by atoms with Crippen LogP contribution in [0.5, 0.6) is 5.75 Å². The largest absolute Gasteiger partial charge is 0.487 e. The Morgan fingerprint density at radius 1 is 0.950 bits per heavy atom. The van der Waals surface area contributed by atoms with E-state index in [9.17, 15) is 0 Å². The SMILES string of the molecule is NCc1ccc(COc2cccc3ccccc23)nc1. The van der Waals surface area contributed by atoms with E-state index in [1.807, 2.05) is 36.4 Å². The van der Waals surface area contributed by atoms with Crippen LogP contribution in [0.15, 0.2) is 60.8 Å². The number of benzene rings is 2. The number of fused-ring (bicyclic) bond motifs is 1. The van der Waals surface area contributed by atoms with E-state index < -0.39 is 0 Å². The third kappa shape index (κ3) is 2.63. The van der Waals surface area contributed by atoms with Gasteiger partial charge in [0, 0.05) is 18.1 Å². The quantitative estimate of drug-likeness (QED) is 0.786. The summed E-state index contributed by atoms with van der Waals surface area (Å²) < 4.78 is 5.89. The van der Waals surface area contributed by atoms with Crippen molar-refractivity contribution in [1.82, 2.24) is 4.98 Å². The average Bonchev–Trinajstić information content (AvgIpc) is 2.53. The molecule has 1 heterocycles. The van der Waals surface area contributed by atoms with Crippen molar-refractivity contribution in [3.05, 3.63) is 72.1 Å². The number of pyridine rings is 1. The molecule has 2 N–H and O–H groups in total. The van der Waals surface area contributed by atoms with Gasteiger partial charge in [-0.2, -0.15) is 0 Å². The van der Waals surface area contributed by atoms with Gasteiger partial charge in [0.2, 0.25) is 0 Å². The van der Waals surface area contributed by atoms with E-state index in [2.05, 4.69) is 23.2 Å². The molecule has 100 valence electrons. The predicted octanol–water partition coefficient (Wildman–Crippen LogP) is 3.27. The number of hydrogen-bond donors (Lipinski definition) is 1. The van der Waals surface area contributed by atoms with Crippen LogP contribution in [0, 0.1) is 0 Å². The molecular weight excluding hydrogens is 248 g/mol. The van der Waals surface area contributed by atoms with Crippen LogP contribution in [-0.4, -0.2) is 4.98 Å². The van der Waals surface area contributed by atoms with Crippen molar-refractivity contribution < 1.29 is 4.74 Å².